The maximum atomic E-state index is 13.3. The summed E-state index contributed by atoms with van der Waals surface area (Å²) in [6.45, 7) is 2.73. The van der Waals surface area contributed by atoms with Gasteiger partial charge in [0.25, 0.3) is 5.91 Å². The molecule has 1 aliphatic heterocycles. The number of likely N-dealkylation sites (tertiary alicyclic amines) is 1. The van der Waals surface area contributed by atoms with Gasteiger partial charge in [-0.05, 0) is 42.8 Å². The number of benzene rings is 2. The summed E-state index contributed by atoms with van der Waals surface area (Å²) in [5, 5.41) is 4.70. The third-order valence-corrected chi connectivity index (χ3v) is 6.00. The first-order chi connectivity index (χ1) is 15.7. The average molecular weight is 446 g/mol. The van der Waals surface area contributed by atoms with E-state index in [2.05, 4.69) is 29.2 Å². The zero-order chi connectivity index (χ0) is 22.3. The number of hydrogen-bond donors (Lipinski definition) is 1. The van der Waals surface area contributed by atoms with Crippen LogP contribution in [0, 0.1) is 0 Å². The highest BCUT2D eigenvalue weighted by atomic mass is 32.1. The summed E-state index contributed by atoms with van der Waals surface area (Å²) in [6.07, 6.45) is 6.36. The smallest absolute Gasteiger partial charge is 0.270 e. The van der Waals surface area contributed by atoms with Crippen LogP contribution in [0.4, 0.5) is 5.82 Å². The number of para-hydroxylation sites is 1. The van der Waals surface area contributed by atoms with Gasteiger partial charge in [0.05, 0.1) is 5.69 Å². The predicted octanol–water partition coefficient (Wildman–Crippen LogP) is 3.71. The van der Waals surface area contributed by atoms with Crippen molar-refractivity contribution < 1.29 is 4.79 Å². The number of carbonyl (C=O) groups is 1. The maximum Gasteiger partial charge on any atom is 0.270 e. The van der Waals surface area contributed by atoms with Crippen LogP contribution in [-0.4, -0.2) is 44.6 Å². The first kappa shape index (κ1) is 21.9. The summed E-state index contributed by atoms with van der Waals surface area (Å²) >= 11 is 5.33. The van der Waals surface area contributed by atoms with Crippen LogP contribution in [0.5, 0.6) is 0 Å². The lowest BCUT2D eigenvalue weighted by Gasteiger charge is -2.37. The number of nitrogens with zero attached hydrogens (tertiary/aromatic N) is 4. The molecule has 0 radical (unpaired) electrons. The molecule has 2 aromatic carbocycles. The summed E-state index contributed by atoms with van der Waals surface area (Å²) in [5.74, 6) is 0.370. The monoisotopic (exact) mass is 445 g/mol. The Morgan fingerprint density at radius 2 is 1.72 bits per heavy atom. The normalized spacial score (nSPS) is 15.1. The number of anilines is 1. The van der Waals surface area contributed by atoms with E-state index in [-0.39, 0.29) is 16.8 Å². The van der Waals surface area contributed by atoms with Gasteiger partial charge in [0.2, 0.25) is 0 Å². The number of piperidine rings is 1. The van der Waals surface area contributed by atoms with Crippen molar-refractivity contribution in [2.45, 2.75) is 25.4 Å². The molecular formula is C25H27N5OS. The van der Waals surface area contributed by atoms with Gasteiger partial charge in [0.1, 0.15) is 4.86 Å². The fourth-order valence-electron chi connectivity index (χ4n) is 4.08. The molecule has 4 rings (SSSR count). The summed E-state index contributed by atoms with van der Waals surface area (Å²) in [6, 6.07) is 22.2. The standard InChI is InChI=1S/C25H27N5OS/c26-15-11-23(32)25(31)30(24-14-18-29(27-24)21-9-5-2-6-10-21)22-12-16-28(17-13-22)19-20-7-3-1-4-8-20/h1-11,14-15,18,22H,12-13,16-17,19,26H2. The van der Waals surface area contributed by atoms with Crippen LogP contribution in [0.3, 0.4) is 0 Å². The molecule has 0 saturated carbocycles. The Labute approximate surface area is 193 Å². The van der Waals surface area contributed by atoms with Crippen LogP contribution in [-0.2, 0) is 11.3 Å². The van der Waals surface area contributed by atoms with Crippen molar-refractivity contribution in [1.29, 1.82) is 0 Å². The summed E-state index contributed by atoms with van der Waals surface area (Å²) < 4.78 is 1.78. The third kappa shape index (κ3) is 5.12. The molecule has 0 unspecified atom stereocenters. The van der Waals surface area contributed by atoms with Gasteiger partial charge in [0, 0.05) is 37.9 Å². The molecular weight excluding hydrogens is 418 g/mol. The van der Waals surface area contributed by atoms with E-state index in [0.29, 0.717) is 5.82 Å². The van der Waals surface area contributed by atoms with E-state index in [1.165, 1.54) is 17.8 Å². The lowest BCUT2D eigenvalue weighted by atomic mass is 10.0. The quantitative estimate of drug-likeness (QED) is 0.444. The minimum Gasteiger partial charge on any atom is -0.405 e. The molecule has 1 aliphatic rings. The van der Waals surface area contributed by atoms with E-state index < -0.39 is 0 Å². The molecule has 3 aromatic rings. The second kappa shape index (κ2) is 10.3. The third-order valence-electron chi connectivity index (χ3n) is 5.69. The highest BCUT2D eigenvalue weighted by molar-refractivity contribution is 7.82. The van der Waals surface area contributed by atoms with Crippen molar-refractivity contribution in [3.8, 4) is 5.69 Å². The van der Waals surface area contributed by atoms with Gasteiger partial charge in [0.15, 0.2) is 5.82 Å². The molecule has 2 heterocycles. The topological polar surface area (TPSA) is 67.4 Å². The van der Waals surface area contributed by atoms with Gasteiger partial charge in [-0.2, -0.15) is 0 Å². The van der Waals surface area contributed by atoms with Crippen LogP contribution < -0.4 is 10.6 Å². The number of hydrogen-bond acceptors (Lipinski definition) is 5. The largest absolute Gasteiger partial charge is 0.405 e. The van der Waals surface area contributed by atoms with Crippen LogP contribution in [0.15, 0.2) is 85.2 Å². The Hall–Kier alpha value is -3.29. The lowest BCUT2D eigenvalue weighted by Crippen LogP contribution is -2.49. The SMILES string of the molecule is NC=CC(=S)C(=O)N(c1ccn(-c2ccccc2)n1)C1CCN(Cc2ccccc2)CC1. The van der Waals surface area contributed by atoms with Gasteiger partial charge in [-0.3, -0.25) is 14.6 Å². The second-order valence-corrected chi connectivity index (χ2v) is 8.29. The molecule has 0 aliphatic carbocycles. The molecule has 0 atom stereocenters. The predicted molar refractivity (Wildman–Crippen MR) is 132 cm³/mol. The number of carbonyl (C=O) groups excluding carboxylic acids is 1. The Bertz CT molecular complexity index is 1070. The average Bonchev–Trinajstić information content (AvgIpc) is 3.31. The fourth-order valence-corrected chi connectivity index (χ4v) is 4.26. The van der Waals surface area contributed by atoms with Crippen molar-refractivity contribution in [2.24, 2.45) is 5.73 Å². The van der Waals surface area contributed by atoms with E-state index in [9.17, 15) is 4.79 Å². The molecule has 0 spiro atoms. The van der Waals surface area contributed by atoms with Gasteiger partial charge >= 0.3 is 0 Å². The van der Waals surface area contributed by atoms with Crippen molar-refractivity contribution in [2.75, 3.05) is 18.0 Å². The zero-order valence-electron chi connectivity index (χ0n) is 17.9. The Kier molecular flexibility index (Phi) is 7.09. The van der Waals surface area contributed by atoms with Crippen molar-refractivity contribution in [3.05, 3.63) is 90.8 Å². The minimum atomic E-state index is -0.235. The molecule has 1 amide bonds. The summed E-state index contributed by atoms with van der Waals surface area (Å²) in [7, 11) is 0. The number of amides is 1. The number of rotatable bonds is 7. The van der Waals surface area contributed by atoms with Crippen molar-refractivity contribution in [1.82, 2.24) is 14.7 Å². The van der Waals surface area contributed by atoms with Crippen LogP contribution in [0.2, 0.25) is 0 Å². The van der Waals surface area contributed by atoms with E-state index in [1.54, 1.807) is 9.58 Å². The lowest BCUT2D eigenvalue weighted by molar-refractivity contribution is -0.113. The summed E-state index contributed by atoms with van der Waals surface area (Å²) in [5.41, 5.74) is 7.73. The molecule has 164 valence electrons. The van der Waals surface area contributed by atoms with Gasteiger partial charge in [-0.25, -0.2) is 4.68 Å². The Morgan fingerprint density at radius 3 is 2.38 bits per heavy atom. The zero-order valence-corrected chi connectivity index (χ0v) is 18.7. The number of nitrogens with two attached hydrogens (primary N) is 1. The molecule has 2 N–H and O–H groups in total. The first-order valence-electron chi connectivity index (χ1n) is 10.8. The number of thiocarbonyl (C=S) groups is 1. The highest BCUT2D eigenvalue weighted by Crippen LogP contribution is 2.25. The maximum absolute atomic E-state index is 13.3. The van der Waals surface area contributed by atoms with Gasteiger partial charge < -0.3 is 5.73 Å². The molecule has 1 saturated heterocycles. The molecule has 32 heavy (non-hydrogen) atoms. The van der Waals surface area contributed by atoms with Crippen molar-refractivity contribution in [3.63, 3.8) is 0 Å². The Balaban J connectivity index is 1.52. The van der Waals surface area contributed by atoms with E-state index >= 15 is 0 Å². The van der Waals surface area contributed by atoms with Crippen molar-refractivity contribution >= 4 is 28.8 Å². The van der Waals surface area contributed by atoms with Crippen LogP contribution in [0.1, 0.15) is 18.4 Å². The van der Waals surface area contributed by atoms with Gasteiger partial charge in [-0.15, -0.1) is 5.10 Å². The van der Waals surface area contributed by atoms with Crippen LogP contribution in [0.25, 0.3) is 5.69 Å². The fraction of sp³-hybridized carbons (Fsp3) is 0.240. The summed E-state index contributed by atoms with van der Waals surface area (Å²) in [4.78, 5) is 17.6. The second-order valence-electron chi connectivity index (χ2n) is 7.85. The Morgan fingerprint density at radius 1 is 1.06 bits per heavy atom. The number of aromatic nitrogens is 2. The van der Waals surface area contributed by atoms with E-state index in [0.717, 1.165) is 38.2 Å². The molecule has 7 heteroatoms. The highest BCUT2D eigenvalue weighted by Gasteiger charge is 2.31. The molecule has 1 fully saturated rings. The van der Waals surface area contributed by atoms with E-state index in [1.807, 2.05) is 48.7 Å². The minimum absolute atomic E-state index is 0.0257. The van der Waals surface area contributed by atoms with E-state index in [4.69, 9.17) is 23.1 Å². The molecule has 0 bridgehead atoms. The molecule has 6 nitrogen and oxygen atoms in total. The van der Waals surface area contributed by atoms with Gasteiger partial charge in [-0.1, -0.05) is 60.7 Å². The molecule has 1 aromatic heterocycles. The van der Waals surface area contributed by atoms with Crippen LogP contribution >= 0.6 is 12.2 Å². The first-order valence-corrected chi connectivity index (χ1v) is 11.2.